The Morgan fingerprint density at radius 3 is 2.32 bits per heavy atom. The van der Waals surface area contributed by atoms with Gasteiger partial charge in [-0.15, -0.1) is 0 Å². The molecule has 28 heavy (non-hydrogen) atoms. The highest BCUT2D eigenvalue weighted by atomic mass is 35.5. The minimum Gasteiger partial charge on any atom is -0.369 e. The fourth-order valence-electron chi connectivity index (χ4n) is 3.13. The van der Waals surface area contributed by atoms with Gasteiger partial charge in [0.2, 0.25) is 10.0 Å². The van der Waals surface area contributed by atoms with Crippen LogP contribution in [0.2, 0.25) is 5.02 Å². The maximum Gasteiger partial charge on any atom is 0.289 e. The van der Waals surface area contributed by atoms with Gasteiger partial charge in [0.25, 0.3) is 5.69 Å². The molecule has 0 amide bonds. The van der Waals surface area contributed by atoms with Crippen molar-refractivity contribution >= 4 is 33.0 Å². The topological polar surface area (TPSA) is 95.8 Å². The first-order chi connectivity index (χ1) is 13.4. The maximum atomic E-state index is 12.4. The average Bonchev–Trinajstić information content (AvgIpc) is 2.69. The van der Waals surface area contributed by atoms with E-state index in [1.807, 2.05) is 24.3 Å². The van der Waals surface area contributed by atoms with Crippen LogP contribution in [-0.4, -0.2) is 57.5 Å². The number of nitro groups is 1. The number of rotatable bonds is 7. The summed E-state index contributed by atoms with van der Waals surface area (Å²) in [4.78, 5) is 14.5. The second-order valence-electron chi connectivity index (χ2n) is 6.43. The van der Waals surface area contributed by atoms with Gasteiger partial charge in [-0.1, -0.05) is 23.7 Å². The second kappa shape index (κ2) is 8.87. The van der Waals surface area contributed by atoms with E-state index in [4.69, 9.17) is 11.6 Å². The van der Waals surface area contributed by atoms with Crippen molar-refractivity contribution in [1.82, 2.24) is 9.62 Å². The van der Waals surface area contributed by atoms with E-state index >= 15 is 0 Å². The van der Waals surface area contributed by atoms with Crippen LogP contribution in [0.25, 0.3) is 0 Å². The second-order valence-corrected chi connectivity index (χ2v) is 8.60. The molecular weight excluding hydrogens is 404 g/mol. The lowest BCUT2D eigenvalue weighted by atomic mass is 10.2. The van der Waals surface area contributed by atoms with Crippen LogP contribution < -0.4 is 9.62 Å². The Labute approximate surface area is 168 Å². The molecular formula is C18H21ClN4O4S. The molecule has 0 saturated carbocycles. The number of anilines is 1. The van der Waals surface area contributed by atoms with Gasteiger partial charge in [0.1, 0.15) is 0 Å². The fraction of sp³-hybridized carbons (Fsp3) is 0.333. The molecule has 0 aliphatic carbocycles. The minimum atomic E-state index is -3.94. The van der Waals surface area contributed by atoms with Crippen LogP contribution in [0.4, 0.5) is 11.4 Å². The monoisotopic (exact) mass is 424 g/mol. The van der Waals surface area contributed by atoms with Crippen molar-refractivity contribution in [2.45, 2.75) is 4.90 Å². The van der Waals surface area contributed by atoms with Gasteiger partial charge in [0, 0.05) is 56.0 Å². The number of halogens is 1. The molecule has 1 fully saturated rings. The first-order valence-electron chi connectivity index (χ1n) is 8.83. The van der Waals surface area contributed by atoms with Crippen molar-refractivity contribution in [3.05, 3.63) is 63.7 Å². The molecule has 3 rings (SSSR count). The summed E-state index contributed by atoms with van der Waals surface area (Å²) in [6.45, 7) is 3.99. The molecule has 0 unspecified atom stereocenters. The van der Waals surface area contributed by atoms with Gasteiger partial charge in [0.05, 0.1) is 4.92 Å². The lowest BCUT2D eigenvalue weighted by molar-refractivity contribution is -0.387. The lowest BCUT2D eigenvalue weighted by Gasteiger charge is -2.36. The van der Waals surface area contributed by atoms with E-state index in [2.05, 4.69) is 14.5 Å². The van der Waals surface area contributed by atoms with Crippen LogP contribution in [0, 0.1) is 10.1 Å². The van der Waals surface area contributed by atoms with Gasteiger partial charge in [-0.05, 0) is 30.3 Å². The number of hydrogen-bond acceptors (Lipinski definition) is 6. The highest BCUT2D eigenvalue weighted by molar-refractivity contribution is 7.89. The van der Waals surface area contributed by atoms with Gasteiger partial charge >= 0.3 is 0 Å². The third-order valence-electron chi connectivity index (χ3n) is 4.64. The van der Waals surface area contributed by atoms with Crippen molar-refractivity contribution in [3.8, 4) is 0 Å². The molecule has 8 nitrogen and oxygen atoms in total. The van der Waals surface area contributed by atoms with Crippen molar-refractivity contribution in [1.29, 1.82) is 0 Å². The Balaban J connectivity index is 1.51. The molecule has 0 aromatic heterocycles. The number of hydrogen-bond donors (Lipinski definition) is 1. The summed E-state index contributed by atoms with van der Waals surface area (Å²) in [5.41, 5.74) is 0.688. The van der Waals surface area contributed by atoms with Gasteiger partial charge in [0.15, 0.2) is 4.90 Å². The van der Waals surface area contributed by atoms with Crippen LogP contribution in [0.3, 0.4) is 0 Å². The highest BCUT2D eigenvalue weighted by Crippen LogP contribution is 2.22. The van der Waals surface area contributed by atoms with Crippen molar-refractivity contribution in [2.24, 2.45) is 0 Å². The number of piperazine rings is 1. The molecule has 10 heteroatoms. The number of nitro benzene ring substituents is 1. The number of para-hydroxylation sites is 1. The van der Waals surface area contributed by atoms with Crippen LogP contribution in [0.5, 0.6) is 0 Å². The number of nitrogens with zero attached hydrogens (tertiary/aromatic N) is 3. The molecule has 1 N–H and O–H groups in total. The Morgan fingerprint density at radius 2 is 1.68 bits per heavy atom. The minimum absolute atomic E-state index is 0.190. The summed E-state index contributed by atoms with van der Waals surface area (Å²) >= 11 is 5.92. The number of nitrogens with one attached hydrogen (secondary N) is 1. The maximum absolute atomic E-state index is 12.4. The SMILES string of the molecule is O=[N+]([O-])c1ccccc1S(=O)(=O)NCCN1CCN(c2ccc(Cl)cc2)CC1. The zero-order valence-corrected chi connectivity index (χ0v) is 16.7. The Morgan fingerprint density at radius 1 is 1.04 bits per heavy atom. The summed E-state index contributed by atoms with van der Waals surface area (Å²) in [7, 11) is -3.94. The third kappa shape index (κ3) is 4.99. The van der Waals surface area contributed by atoms with Gasteiger partial charge in [-0.2, -0.15) is 0 Å². The summed E-state index contributed by atoms with van der Waals surface area (Å²) in [5.74, 6) is 0. The largest absolute Gasteiger partial charge is 0.369 e. The van der Waals surface area contributed by atoms with E-state index in [1.54, 1.807) is 0 Å². The Kier molecular flexibility index (Phi) is 6.50. The fourth-order valence-corrected chi connectivity index (χ4v) is 4.45. The van der Waals surface area contributed by atoms with Crippen LogP contribution in [0.15, 0.2) is 53.4 Å². The highest BCUT2D eigenvalue weighted by Gasteiger charge is 2.25. The molecule has 1 aliphatic rings. The standard InChI is InChI=1S/C18H21ClN4O4S/c19-15-5-7-16(8-6-15)22-13-11-21(12-14-22)10-9-20-28(26,27)18-4-2-1-3-17(18)23(24)25/h1-8,20H,9-14H2. The van der Waals surface area contributed by atoms with Crippen molar-refractivity contribution in [3.63, 3.8) is 0 Å². The van der Waals surface area contributed by atoms with E-state index in [-0.39, 0.29) is 11.4 Å². The van der Waals surface area contributed by atoms with Crippen LogP contribution in [-0.2, 0) is 10.0 Å². The molecule has 2 aromatic rings. The van der Waals surface area contributed by atoms with Gasteiger partial charge < -0.3 is 4.90 Å². The zero-order chi connectivity index (χ0) is 20.1. The molecule has 0 radical (unpaired) electrons. The van der Waals surface area contributed by atoms with Crippen molar-refractivity contribution < 1.29 is 13.3 Å². The normalized spacial score (nSPS) is 15.5. The molecule has 1 saturated heterocycles. The predicted octanol–water partition coefficient (Wildman–Crippen LogP) is 2.35. The smallest absolute Gasteiger partial charge is 0.289 e. The Hall–Kier alpha value is -2.20. The zero-order valence-electron chi connectivity index (χ0n) is 15.1. The molecule has 0 spiro atoms. The number of benzene rings is 2. The van der Waals surface area contributed by atoms with E-state index < -0.39 is 20.6 Å². The molecule has 1 aliphatic heterocycles. The van der Waals surface area contributed by atoms with E-state index in [0.29, 0.717) is 11.6 Å². The lowest BCUT2D eigenvalue weighted by Crippen LogP contribution is -2.48. The molecule has 150 valence electrons. The summed E-state index contributed by atoms with van der Waals surface area (Å²) in [6.07, 6.45) is 0. The van der Waals surface area contributed by atoms with Crippen LogP contribution >= 0.6 is 11.6 Å². The van der Waals surface area contributed by atoms with Gasteiger partial charge in [-0.3, -0.25) is 15.0 Å². The number of sulfonamides is 1. The molecule has 0 bridgehead atoms. The average molecular weight is 425 g/mol. The van der Waals surface area contributed by atoms with E-state index in [1.165, 1.54) is 24.3 Å². The molecule has 1 heterocycles. The summed E-state index contributed by atoms with van der Waals surface area (Å²) in [5, 5.41) is 11.8. The molecule has 0 atom stereocenters. The van der Waals surface area contributed by atoms with Gasteiger partial charge in [-0.25, -0.2) is 13.1 Å². The van der Waals surface area contributed by atoms with Crippen LogP contribution in [0.1, 0.15) is 0 Å². The summed E-state index contributed by atoms with van der Waals surface area (Å²) < 4.78 is 27.3. The first-order valence-corrected chi connectivity index (χ1v) is 10.7. The van der Waals surface area contributed by atoms with E-state index in [9.17, 15) is 18.5 Å². The Bertz CT molecular complexity index is 929. The first kappa shape index (κ1) is 20.5. The quantitative estimate of drug-likeness (QED) is 0.541. The third-order valence-corrected chi connectivity index (χ3v) is 6.40. The van der Waals surface area contributed by atoms with Crippen molar-refractivity contribution in [2.75, 3.05) is 44.2 Å². The summed E-state index contributed by atoms with van der Waals surface area (Å²) in [6, 6.07) is 13.0. The predicted molar refractivity (Wildman–Crippen MR) is 108 cm³/mol. The molecule has 2 aromatic carbocycles. The van der Waals surface area contributed by atoms with E-state index in [0.717, 1.165) is 31.9 Å².